The second kappa shape index (κ2) is 5.34. The van der Waals surface area contributed by atoms with E-state index in [1.54, 1.807) is 6.92 Å². The maximum Gasteiger partial charge on any atom is 0.249 e. The Balaban J connectivity index is 2.32. The van der Waals surface area contributed by atoms with Crippen LogP contribution in [0.15, 0.2) is 5.16 Å². The van der Waals surface area contributed by atoms with E-state index >= 15 is 0 Å². The van der Waals surface area contributed by atoms with Crippen molar-refractivity contribution in [1.29, 1.82) is 0 Å². The van der Waals surface area contributed by atoms with Gasteiger partial charge in [-0.15, -0.1) is 0 Å². The molecule has 1 unspecified atom stereocenters. The highest BCUT2D eigenvalue weighted by Gasteiger charge is 2.55. The van der Waals surface area contributed by atoms with Crippen molar-refractivity contribution in [3.63, 3.8) is 0 Å². The molecular formula is C13H20N4O4. The van der Waals surface area contributed by atoms with Crippen LogP contribution in [0.5, 0.6) is 0 Å². The summed E-state index contributed by atoms with van der Waals surface area (Å²) in [6.45, 7) is 3.54. The normalized spacial score (nSPS) is 33.4. The van der Waals surface area contributed by atoms with E-state index < -0.39 is 29.2 Å². The van der Waals surface area contributed by atoms with Gasteiger partial charge in [0.25, 0.3) is 0 Å². The van der Waals surface area contributed by atoms with Gasteiger partial charge in [0.05, 0.1) is 0 Å². The predicted molar refractivity (Wildman–Crippen MR) is 73.2 cm³/mol. The molecule has 1 aliphatic heterocycles. The van der Waals surface area contributed by atoms with E-state index in [2.05, 4.69) is 10.5 Å². The van der Waals surface area contributed by atoms with Crippen LogP contribution in [-0.4, -0.2) is 46.3 Å². The molecule has 3 amide bonds. The molecule has 1 saturated heterocycles. The van der Waals surface area contributed by atoms with Crippen molar-refractivity contribution < 1.29 is 19.6 Å². The monoisotopic (exact) mass is 296 g/mol. The molecule has 0 aromatic carbocycles. The number of carbonyl (C=O) groups is 3. The lowest BCUT2D eigenvalue weighted by molar-refractivity contribution is -0.157. The molecule has 1 heterocycles. The maximum absolute atomic E-state index is 12.8. The summed E-state index contributed by atoms with van der Waals surface area (Å²) in [5, 5.41) is 14.1. The number of rotatable bonds is 3. The number of amides is 3. The van der Waals surface area contributed by atoms with Gasteiger partial charge in [0, 0.05) is 0 Å². The van der Waals surface area contributed by atoms with E-state index in [9.17, 15) is 14.4 Å². The van der Waals surface area contributed by atoms with Gasteiger partial charge >= 0.3 is 0 Å². The lowest BCUT2D eigenvalue weighted by atomic mass is 9.61. The lowest BCUT2D eigenvalue weighted by Crippen LogP contribution is -2.66. The topological polar surface area (TPSA) is 125 Å². The third-order valence-corrected chi connectivity index (χ3v) is 4.30. The van der Waals surface area contributed by atoms with Crippen molar-refractivity contribution in [3.8, 4) is 0 Å². The first-order valence-corrected chi connectivity index (χ1v) is 6.98. The van der Waals surface area contributed by atoms with E-state index in [0.717, 1.165) is 0 Å². The number of piperazine rings is 1. The summed E-state index contributed by atoms with van der Waals surface area (Å²) in [5.74, 6) is -1.29. The molecule has 0 aromatic rings. The van der Waals surface area contributed by atoms with Crippen LogP contribution in [0.25, 0.3) is 0 Å². The standard InChI is InChI=1S/C13H20N4O4/c1-3-8-10(19)15-9(18)6-17(8)12(20)13(11(14)16-21)4-7(2)5-13/h7-8,21H,3-6H2,1-2H3,(H2,14,16)(H,15,18,19). The SMILES string of the molecule is CCC1C(=O)NC(=O)CN1C(=O)C1(C(N)=NO)CC(C)C1. The minimum absolute atomic E-state index is 0.154. The van der Waals surface area contributed by atoms with Gasteiger partial charge in [-0.2, -0.15) is 0 Å². The summed E-state index contributed by atoms with van der Waals surface area (Å²) >= 11 is 0. The summed E-state index contributed by atoms with van der Waals surface area (Å²) in [5.41, 5.74) is 4.61. The Morgan fingerprint density at radius 1 is 1.52 bits per heavy atom. The van der Waals surface area contributed by atoms with Crippen LogP contribution in [0.2, 0.25) is 0 Å². The van der Waals surface area contributed by atoms with Crippen LogP contribution in [-0.2, 0) is 14.4 Å². The van der Waals surface area contributed by atoms with Crippen LogP contribution in [0.3, 0.4) is 0 Å². The molecule has 21 heavy (non-hydrogen) atoms. The minimum atomic E-state index is -1.10. The molecule has 4 N–H and O–H groups in total. The van der Waals surface area contributed by atoms with Gasteiger partial charge in [0.15, 0.2) is 5.84 Å². The van der Waals surface area contributed by atoms with Crippen LogP contribution in [0.1, 0.15) is 33.1 Å². The zero-order valence-corrected chi connectivity index (χ0v) is 12.1. The number of nitrogens with two attached hydrogens (primary N) is 1. The first kappa shape index (κ1) is 15.3. The number of imide groups is 1. The molecule has 8 nitrogen and oxygen atoms in total. The van der Waals surface area contributed by atoms with Crippen molar-refractivity contribution >= 4 is 23.6 Å². The molecular weight excluding hydrogens is 276 g/mol. The van der Waals surface area contributed by atoms with Crippen LogP contribution in [0, 0.1) is 11.3 Å². The minimum Gasteiger partial charge on any atom is -0.409 e. The van der Waals surface area contributed by atoms with E-state index in [1.807, 2.05) is 6.92 Å². The molecule has 2 rings (SSSR count). The zero-order chi connectivity index (χ0) is 15.8. The van der Waals surface area contributed by atoms with Crippen LogP contribution < -0.4 is 11.1 Å². The van der Waals surface area contributed by atoms with E-state index in [0.29, 0.717) is 19.3 Å². The summed E-state index contributed by atoms with van der Waals surface area (Å²) < 4.78 is 0. The molecule has 0 spiro atoms. The molecule has 0 radical (unpaired) electrons. The Morgan fingerprint density at radius 3 is 2.62 bits per heavy atom. The van der Waals surface area contributed by atoms with Gasteiger partial charge in [-0.3, -0.25) is 19.7 Å². The Labute approximate surface area is 122 Å². The average Bonchev–Trinajstić information content (AvgIpc) is 2.41. The van der Waals surface area contributed by atoms with Crippen molar-refractivity contribution in [2.75, 3.05) is 6.54 Å². The summed E-state index contributed by atoms with van der Waals surface area (Å²) in [4.78, 5) is 37.5. The highest BCUT2D eigenvalue weighted by atomic mass is 16.4. The number of amidine groups is 1. The number of oxime groups is 1. The van der Waals surface area contributed by atoms with Crippen molar-refractivity contribution in [2.24, 2.45) is 22.2 Å². The maximum atomic E-state index is 12.8. The van der Waals surface area contributed by atoms with Gasteiger partial charge in [0.1, 0.15) is 18.0 Å². The Kier molecular flexibility index (Phi) is 3.89. The number of carbonyl (C=O) groups excluding carboxylic acids is 3. The van der Waals surface area contributed by atoms with Gasteiger partial charge in [0.2, 0.25) is 17.7 Å². The zero-order valence-electron chi connectivity index (χ0n) is 12.1. The quantitative estimate of drug-likeness (QED) is 0.211. The smallest absolute Gasteiger partial charge is 0.249 e. The molecule has 2 aliphatic rings. The Morgan fingerprint density at radius 2 is 2.14 bits per heavy atom. The largest absolute Gasteiger partial charge is 0.409 e. The first-order chi connectivity index (χ1) is 9.85. The van der Waals surface area contributed by atoms with Crippen molar-refractivity contribution in [1.82, 2.24) is 10.2 Å². The molecule has 0 aromatic heterocycles. The van der Waals surface area contributed by atoms with Gasteiger partial charge in [-0.25, -0.2) is 0 Å². The summed E-state index contributed by atoms with van der Waals surface area (Å²) in [7, 11) is 0. The van der Waals surface area contributed by atoms with E-state index in [1.165, 1.54) is 4.90 Å². The van der Waals surface area contributed by atoms with Crippen molar-refractivity contribution in [3.05, 3.63) is 0 Å². The second-order valence-corrected chi connectivity index (χ2v) is 5.85. The number of nitrogens with one attached hydrogen (secondary N) is 1. The van der Waals surface area contributed by atoms with Gasteiger partial charge < -0.3 is 15.8 Å². The molecule has 1 atom stereocenters. The fourth-order valence-electron chi connectivity index (χ4n) is 3.28. The first-order valence-electron chi connectivity index (χ1n) is 6.98. The summed E-state index contributed by atoms with van der Waals surface area (Å²) in [6, 6.07) is -0.700. The highest BCUT2D eigenvalue weighted by molar-refractivity contribution is 6.11. The third kappa shape index (κ3) is 2.34. The molecule has 1 saturated carbocycles. The van der Waals surface area contributed by atoms with E-state index in [4.69, 9.17) is 10.9 Å². The average molecular weight is 296 g/mol. The van der Waals surface area contributed by atoms with Crippen LogP contribution in [0.4, 0.5) is 0 Å². The Hall–Kier alpha value is -2.12. The fraction of sp³-hybridized carbons (Fsp3) is 0.692. The molecule has 8 heteroatoms. The van der Waals surface area contributed by atoms with Gasteiger partial charge in [-0.1, -0.05) is 19.0 Å². The predicted octanol–water partition coefficient (Wildman–Crippen LogP) is -0.587. The Bertz CT molecular complexity index is 510. The number of nitrogens with zero attached hydrogens (tertiary/aromatic N) is 2. The second-order valence-electron chi connectivity index (χ2n) is 5.85. The van der Waals surface area contributed by atoms with Crippen molar-refractivity contribution in [2.45, 2.75) is 39.2 Å². The highest BCUT2D eigenvalue weighted by Crippen LogP contribution is 2.47. The van der Waals surface area contributed by atoms with Crippen LogP contribution >= 0.6 is 0 Å². The molecule has 2 fully saturated rings. The lowest BCUT2D eigenvalue weighted by Gasteiger charge is -2.48. The number of hydrogen-bond donors (Lipinski definition) is 3. The molecule has 116 valence electrons. The fourth-order valence-corrected chi connectivity index (χ4v) is 3.28. The summed E-state index contributed by atoms with van der Waals surface area (Å²) in [6.07, 6.45) is 1.29. The third-order valence-electron chi connectivity index (χ3n) is 4.30. The van der Waals surface area contributed by atoms with E-state index in [-0.39, 0.29) is 18.3 Å². The van der Waals surface area contributed by atoms with Gasteiger partial charge in [-0.05, 0) is 25.2 Å². The molecule has 0 bridgehead atoms. The number of hydrogen-bond acceptors (Lipinski definition) is 5. The molecule has 1 aliphatic carbocycles.